The Balaban J connectivity index is 1.84. The van der Waals surface area contributed by atoms with Crippen LogP contribution in [0.2, 0.25) is 0 Å². The van der Waals surface area contributed by atoms with Gasteiger partial charge in [0.2, 0.25) is 0 Å². The molecular weight excluding hydrogens is 320 g/mol. The lowest BCUT2D eigenvalue weighted by Gasteiger charge is -2.17. The van der Waals surface area contributed by atoms with Crippen LogP contribution in [-0.4, -0.2) is 40.5 Å². The van der Waals surface area contributed by atoms with Crippen LogP contribution in [0.4, 0.5) is 5.82 Å². The van der Waals surface area contributed by atoms with Crippen LogP contribution in [0.5, 0.6) is 11.5 Å². The molecule has 2 aromatic heterocycles. The molecule has 2 N–H and O–H groups in total. The van der Waals surface area contributed by atoms with E-state index in [9.17, 15) is 5.11 Å². The molecule has 3 rings (SSSR count). The van der Waals surface area contributed by atoms with E-state index in [0.717, 1.165) is 22.9 Å². The third kappa shape index (κ3) is 3.51. The van der Waals surface area contributed by atoms with Gasteiger partial charge in [-0.05, 0) is 32.0 Å². The molecule has 1 aromatic carbocycles. The molecule has 2 heterocycles. The average molecular weight is 342 g/mol. The Kier molecular flexibility index (Phi) is 4.76. The first kappa shape index (κ1) is 17.0. The summed E-state index contributed by atoms with van der Waals surface area (Å²) in [4.78, 5) is 4.45. The summed E-state index contributed by atoms with van der Waals surface area (Å²) in [6.07, 6.45) is -0.773. The number of nitrogens with zero attached hydrogens (tertiary/aromatic N) is 3. The number of aryl methyl sites for hydroxylation is 2. The minimum atomic E-state index is -0.773. The summed E-state index contributed by atoms with van der Waals surface area (Å²) in [6.45, 7) is 4.14. The summed E-state index contributed by atoms with van der Waals surface area (Å²) in [6, 6.07) is 9.17. The highest BCUT2D eigenvalue weighted by molar-refractivity contribution is 5.51. The van der Waals surface area contributed by atoms with Gasteiger partial charge in [0.05, 0.1) is 26.0 Å². The molecule has 1 atom stereocenters. The molecule has 132 valence electrons. The normalized spacial score (nSPS) is 12.2. The second-order valence-corrected chi connectivity index (χ2v) is 5.84. The zero-order chi connectivity index (χ0) is 18.0. The maximum absolute atomic E-state index is 10.6. The van der Waals surface area contributed by atoms with Gasteiger partial charge in [-0.2, -0.15) is 9.61 Å². The minimum absolute atomic E-state index is 0.293. The van der Waals surface area contributed by atoms with Crippen LogP contribution in [0.3, 0.4) is 0 Å². The number of aliphatic hydroxyl groups is 1. The molecule has 0 bridgehead atoms. The van der Waals surface area contributed by atoms with E-state index in [2.05, 4.69) is 15.4 Å². The molecule has 0 saturated heterocycles. The van der Waals surface area contributed by atoms with Gasteiger partial charge in [-0.15, -0.1) is 0 Å². The van der Waals surface area contributed by atoms with Crippen LogP contribution < -0.4 is 14.8 Å². The summed E-state index contributed by atoms with van der Waals surface area (Å²) in [5.41, 5.74) is 3.20. The molecule has 0 aliphatic carbocycles. The highest BCUT2D eigenvalue weighted by atomic mass is 16.5. The van der Waals surface area contributed by atoms with Crippen molar-refractivity contribution in [3.05, 3.63) is 47.3 Å². The van der Waals surface area contributed by atoms with Gasteiger partial charge < -0.3 is 19.9 Å². The van der Waals surface area contributed by atoms with E-state index in [1.165, 1.54) is 0 Å². The van der Waals surface area contributed by atoms with Gasteiger partial charge in [-0.3, -0.25) is 0 Å². The van der Waals surface area contributed by atoms with Gasteiger partial charge >= 0.3 is 0 Å². The third-order valence-corrected chi connectivity index (χ3v) is 3.95. The highest BCUT2D eigenvalue weighted by Crippen LogP contribution is 2.29. The largest absolute Gasteiger partial charge is 0.497 e. The van der Waals surface area contributed by atoms with Crippen molar-refractivity contribution < 1.29 is 14.6 Å². The summed E-state index contributed by atoms with van der Waals surface area (Å²) >= 11 is 0. The predicted octanol–water partition coefficient (Wildman–Crippen LogP) is 2.51. The monoisotopic (exact) mass is 342 g/mol. The fourth-order valence-electron chi connectivity index (χ4n) is 2.75. The molecule has 7 heteroatoms. The van der Waals surface area contributed by atoms with Crippen LogP contribution in [0.25, 0.3) is 5.65 Å². The first-order valence-corrected chi connectivity index (χ1v) is 7.99. The van der Waals surface area contributed by atoms with Crippen LogP contribution in [-0.2, 0) is 0 Å². The number of hydrogen-bond donors (Lipinski definition) is 2. The van der Waals surface area contributed by atoms with Gasteiger partial charge in [0.15, 0.2) is 5.65 Å². The molecule has 0 amide bonds. The third-order valence-electron chi connectivity index (χ3n) is 3.95. The lowest BCUT2D eigenvalue weighted by atomic mass is 10.1. The van der Waals surface area contributed by atoms with Gasteiger partial charge in [0.1, 0.15) is 17.3 Å². The van der Waals surface area contributed by atoms with Crippen molar-refractivity contribution in [3.63, 3.8) is 0 Å². The second kappa shape index (κ2) is 6.98. The molecule has 0 saturated carbocycles. The standard InChI is InChI=1S/C18H22N4O3/c1-11-7-17(22-18(20-11)8-12(2)21-22)19-10-15(23)14-9-13(24-3)5-6-16(14)25-4/h5-9,15,19,23H,10H2,1-4H3/t15-/m1/s1. The van der Waals surface area contributed by atoms with E-state index in [1.54, 1.807) is 36.9 Å². The maximum atomic E-state index is 10.6. The first-order valence-electron chi connectivity index (χ1n) is 7.99. The smallest absolute Gasteiger partial charge is 0.157 e. The van der Waals surface area contributed by atoms with Crippen LogP contribution in [0, 0.1) is 13.8 Å². The van der Waals surface area contributed by atoms with Crippen LogP contribution in [0.15, 0.2) is 30.3 Å². The Bertz CT molecular complexity index is 891. The van der Waals surface area contributed by atoms with Gasteiger partial charge in [0.25, 0.3) is 0 Å². The van der Waals surface area contributed by atoms with Gasteiger partial charge in [-0.1, -0.05) is 0 Å². The quantitative estimate of drug-likeness (QED) is 0.716. The van der Waals surface area contributed by atoms with Crippen molar-refractivity contribution >= 4 is 11.5 Å². The van der Waals surface area contributed by atoms with Crippen molar-refractivity contribution in [2.75, 3.05) is 26.1 Å². The summed E-state index contributed by atoms with van der Waals surface area (Å²) in [7, 11) is 3.17. The SMILES string of the molecule is COc1ccc(OC)c([C@H](O)CNc2cc(C)nc3cc(C)nn23)c1. The molecule has 0 fully saturated rings. The van der Waals surface area contributed by atoms with E-state index in [0.29, 0.717) is 23.6 Å². The summed E-state index contributed by atoms with van der Waals surface area (Å²) in [5.74, 6) is 2.05. The number of anilines is 1. The molecule has 0 radical (unpaired) electrons. The Labute approximate surface area is 146 Å². The van der Waals surface area contributed by atoms with Crippen LogP contribution >= 0.6 is 0 Å². The van der Waals surface area contributed by atoms with E-state index in [4.69, 9.17) is 9.47 Å². The van der Waals surface area contributed by atoms with Crippen molar-refractivity contribution in [2.24, 2.45) is 0 Å². The number of ether oxygens (including phenoxy) is 2. The van der Waals surface area contributed by atoms with E-state index >= 15 is 0 Å². The van der Waals surface area contributed by atoms with Crippen molar-refractivity contribution in [3.8, 4) is 11.5 Å². The Morgan fingerprint density at radius 1 is 1.12 bits per heavy atom. The lowest BCUT2D eigenvalue weighted by Crippen LogP contribution is -2.15. The lowest BCUT2D eigenvalue weighted by molar-refractivity contribution is 0.186. The summed E-state index contributed by atoms with van der Waals surface area (Å²) in [5, 5.41) is 18.3. The number of methoxy groups -OCH3 is 2. The average Bonchev–Trinajstić information content (AvgIpc) is 2.98. The zero-order valence-electron chi connectivity index (χ0n) is 14.8. The molecule has 0 unspecified atom stereocenters. The molecular formula is C18H22N4O3. The van der Waals surface area contributed by atoms with Crippen molar-refractivity contribution in [1.82, 2.24) is 14.6 Å². The fraction of sp³-hybridized carbons (Fsp3) is 0.333. The van der Waals surface area contributed by atoms with Crippen molar-refractivity contribution in [2.45, 2.75) is 20.0 Å². The Morgan fingerprint density at radius 3 is 2.64 bits per heavy atom. The number of aromatic nitrogens is 3. The molecule has 0 aliphatic heterocycles. The molecule has 0 spiro atoms. The van der Waals surface area contributed by atoms with Gasteiger partial charge in [0, 0.05) is 29.9 Å². The number of fused-ring (bicyclic) bond motifs is 1. The maximum Gasteiger partial charge on any atom is 0.157 e. The fourth-order valence-corrected chi connectivity index (χ4v) is 2.75. The predicted molar refractivity (Wildman–Crippen MR) is 95.5 cm³/mol. The molecule has 7 nitrogen and oxygen atoms in total. The molecule has 0 aliphatic rings. The number of nitrogens with one attached hydrogen (secondary N) is 1. The van der Waals surface area contributed by atoms with Crippen LogP contribution in [0.1, 0.15) is 23.1 Å². The molecule has 3 aromatic rings. The number of hydrogen-bond acceptors (Lipinski definition) is 6. The second-order valence-electron chi connectivity index (χ2n) is 5.84. The van der Waals surface area contributed by atoms with E-state index in [1.807, 2.05) is 26.0 Å². The van der Waals surface area contributed by atoms with Gasteiger partial charge in [-0.25, -0.2) is 4.98 Å². The highest BCUT2D eigenvalue weighted by Gasteiger charge is 2.15. The zero-order valence-corrected chi connectivity index (χ0v) is 14.8. The van der Waals surface area contributed by atoms with E-state index < -0.39 is 6.10 Å². The topological polar surface area (TPSA) is 80.9 Å². The van der Waals surface area contributed by atoms with E-state index in [-0.39, 0.29) is 0 Å². The number of aliphatic hydroxyl groups excluding tert-OH is 1. The summed E-state index contributed by atoms with van der Waals surface area (Å²) < 4.78 is 12.3. The molecule has 25 heavy (non-hydrogen) atoms. The first-order chi connectivity index (χ1) is 12.0. The number of benzene rings is 1. The number of rotatable bonds is 6. The Hall–Kier alpha value is -2.80. The van der Waals surface area contributed by atoms with Crippen molar-refractivity contribution in [1.29, 1.82) is 0 Å². The Morgan fingerprint density at radius 2 is 1.92 bits per heavy atom. The minimum Gasteiger partial charge on any atom is -0.497 e.